The van der Waals surface area contributed by atoms with Gasteiger partial charge in [-0.2, -0.15) is 0 Å². The zero-order valence-corrected chi connectivity index (χ0v) is 33.9. The van der Waals surface area contributed by atoms with Crippen molar-refractivity contribution in [3.8, 4) is 18.1 Å². The fraction of sp³-hybridized carbons (Fsp3) is 0.537. The van der Waals surface area contributed by atoms with Crippen LogP contribution >= 0.6 is 0 Å². The second-order valence-electron chi connectivity index (χ2n) is 14.4. The number of methoxy groups -OCH3 is 1. The first-order valence-corrected chi connectivity index (χ1v) is 18.2. The van der Waals surface area contributed by atoms with Crippen LogP contribution in [0.3, 0.4) is 0 Å². The summed E-state index contributed by atoms with van der Waals surface area (Å²) in [5.41, 5.74) is 5.83. The van der Waals surface area contributed by atoms with Gasteiger partial charge in [-0.05, 0) is 89.4 Å². The Morgan fingerprint density at radius 2 is 1.58 bits per heavy atom. The van der Waals surface area contributed by atoms with Crippen LogP contribution in [0.15, 0.2) is 54.6 Å². The molecule has 0 aliphatic carbocycles. The molecule has 2 aliphatic heterocycles. The van der Waals surface area contributed by atoms with E-state index in [9.17, 15) is 24.3 Å². The van der Waals surface area contributed by atoms with Gasteiger partial charge in [0.05, 0.1) is 13.2 Å². The second-order valence-corrected chi connectivity index (χ2v) is 14.4. The minimum absolute atomic E-state index is 0.0871. The summed E-state index contributed by atoms with van der Waals surface area (Å²) in [7, 11) is 2.81. The number of nitrogens with zero attached hydrogens (tertiary/aromatic N) is 3. The van der Waals surface area contributed by atoms with E-state index in [0.717, 1.165) is 37.2 Å². The first kappa shape index (κ1) is 50.0. The Balaban J connectivity index is 0.000000878. The third-order valence-corrected chi connectivity index (χ3v) is 8.12. The lowest BCUT2D eigenvalue weighted by atomic mass is 9.84. The van der Waals surface area contributed by atoms with Crippen molar-refractivity contribution in [1.29, 1.82) is 0 Å². The quantitative estimate of drug-likeness (QED) is 0.223. The summed E-state index contributed by atoms with van der Waals surface area (Å²) in [6.45, 7) is 17.7. The SMILES string of the molecule is C#Cc1ccc(CNC=O)cc1.CC1CN(CCC(C)(C)CC(=O)N2CCC(O)C2)CCN1C(=O)OC(C)(C)C.CN.COC=O.O=COc1ccccc1. The molecular weight excluding hydrogens is 706 g/mol. The van der Waals surface area contributed by atoms with Crippen molar-refractivity contribution in [3.63, 3.8) is 0 Å². The van der Waals surface area contributed by atoms with E-state index < -0.39 is 5.60 Å². The number of hydrogen-bond acceptors (Lipinski definition) is 11. The van der Waals surface area contributed by atoms with Gasteiger partial charge < -0.3 is 40.2 Å². The van der Waals surface area contributed by atoms with Gasteiger partial charge >= 0.3 is 6.09 Å². The molecule has 2 fully saturated rings. The maximum Gasteiger partial charge on any atom is 0.410 e. The molecule has 0 spiro atoms. The summed E-state index contributed by atoms with van der Waals surface area (Å²) in [5, 5.41) is 12.2. The number of nitrogens with one attached hydrogen (secondary N) is 1. The van der Waals surface area contributed by atoms with Crippen LogP contribution in [0.5, 0.6) is 5.75 Å². The topological polar surface area (TPSA) is 181 Å². The summed E-state index contributed by atoms with van der Waals surface area (Å²) in [6.07, 6.45) is 7.37. The number of piperazine rings is 1. The number of carbonyl (C=O) groups is 5. The largest absolute Gasteiger partial charge is 0.471 e. The Morgan fingerprint density at radius 3 is 2.05 bits per heavy atom. The first-order chi connectivity index (χ1) is 26.1. The Kier molecular flexibility index (Phi) is 25.1. The summed E-state index contributed by atoms with van der Waals surface area (Å²) >= 11 is 0. The number of benzene rings is 2. The number of hydrogen-bond donors (Lipinski definition) is 3. The van der Waals surface area contributed by atoms with Gasteiger partial charge in [0, 0.05) is 57.3 Å². The van der Waals surface area contributed by atoms with E-state index in [0.29, 0.717) is 64.1 Å². The van der Waals surface area contributed by atoms with E-state index in [1.165, 1.54) is 14.2 Å². The van der Waals surface area contributed by atoms with Crippen molar-refractivity contribution in [2.24, 2.45) is 11.1 Å². The molecule has 14 nitrogen and oxygen atoms in total. The van der Waals surface area contributed by atoms with Gasteiger partial charge in [0.25, 0.3) is 12.9 Å². The van der Waals surface area contributed by atoms with E-state index in [4.69, 9.17) is 16.0 Å². The number of amides is 3. The molecule has 2 saturated heterocycles. The van der Waals surface area contributed by atoms with Gasteiger partial charge in [0.1, 0.15) is 11.4 Å². The highest BCUT2D eigenvalue weighted by atomic mass is 16.6. The van der Waals surface area contributed by atoms with E-state index in [1.807, 2.05) is 56.0 Å². The number of aliphatic hydroxyl groups excluding tert-OH is 1. The molecule has 2 heterocycles. The zero-order valence-electron chi connectivity index (χ0n) is 33.9. The molecule has 2 aromatic rings. The molecule has 14 heteroatoms. The van der Waals surface area contributed by atoms with Crippen molar-refractivity contribution >= 4 is 31.4 Å². The molecule has 0 saturated carbocycles. The lowest BCUT2D eigenvalue weighted by Gasteiger charge is -2.41. The molecule has 2 aliphatic rings. The van der Waals surface area contributed by atoms with Crippen LogP contribution in [-0.4, -0.2) is 122 Å². The van der Waals surface area contributed by atoms with Gasteiger partial charge in [0.2, 0.25) is 12.3 Å². The number of carbonyl (C=O) groups excluding carboxylic acids is 5. The van der Waals surface area contributed by atoms with Gasteiger partial charge in [-0.3, -0.25) is 24.1 Å². The third-order valence-electron chi connectivity index (χ3n) is 8.12. The molecule has 2 atom stereocenters. The van der Waals surface area contributed by atoms with E-state index in [1.54, 1.807) is 29.2 Å². The normalized spacial score (nSPS) is 16.2. The Morgan fingerprint density at radius 1 is 0.964 bits per heavy atom. The first-order valence-electron chi connectivity index (χ1n) is 18.2. The van der Waals surface area contributed by atoms with Crippen molar-refractivity contribution < 1.29 is 43.3 Å². The predicted octanol–water partition coefficient (Wildman–Crippen LogP) is 3.83. The molecule has 55 heavy (non-hydrogen) atoms. The maximum absolute atomic E-state index is 12.5. The summed E-state index contributed by atoms with van der Waals surface area (Å²) in [5.74, 6) is 3.24. The maximum atomic E-state index is 12.5. The van der Waals surface area contributed by atoms with Crippen molar-refractivity contribution in [1.82, 2.24) is 20.0 Å². The van der Waals surface area contributed by atoms with Crippen molar-refractivity contribution in [3.05, 3.63) is 65.7 Å². The Bertz CT molecular complexity index is 1430. The summed E-state index contributed by atoms with van der Waals surface area (Å²) in [6, 6.07) is 16.5. The van der Waals surface area contributed by atoms with Gasteiger partial charge in [-0.15, -0.1) is 6.42 Å². The van der Waals surface area contributed by atoms with Gasteiger partial charge in [-0.25, -0.2) is 4.79 Å². The van der Waals surface area contributed by atoms with Gasteiger partial charge in [-0.1, -0.05) is 50.1 Å². The average Bonchev–Trinajstić information content (AvgIpc) is 3.61. The number of likely N-dealkylation sites (tertiary alicyclic amines) is 1. The smallest absolute Gasteiger partial charge is 0.410 e. The highest BCUT2D eigenvalue weighted by molar-refractivity contribution is 5.77. The number of para-hydroxylation sites is 1. The molecule has 3 amide bonds. The Hall–Kier alpha value is -4.97. The van der Waals surface area contributed by atoms with Crippen LogP contribution in [0.4, 0.5) is 4.79 Å². The van der Waals surface area contributed by atoms with Crippen LogP contribution in [-0.2, 0) is 35.2 Å². The average molecular weight is 770 g/mol. The molecule has 0 bridgehead atoms. The number of aliphatic hydroxyl groups is 1. The monoisotopic (exact) mass is 769 g/mol. The number of β-amino-alcohol motifs (C(OH)–C–C–N with tert-alkyl or cyclic N) is 1. The molecule has 4 rings (SSSR count). The van der Waals surface area contributed by atoms with Crippen molar-refractivity contribution in [2.45, 2.75) is 85.1 Å². The molecule has 4 N–H and O–H groups in total. The lowest BCUT2D eigenvalue weighted by molar-refractivity contribution is -0.133. The second kappa shape index (κ2) is 27.6. The van der Waals surface area contributed by atoms with Crippen LogP contribution in [0.2, 0.25) is 0 Å². The van der Waals surface area contributed by atoms with Crippen LogP contribution < -0.4 is 15.8 Å². The highest BCUT2D eigenvalue weighted by Crippen LogP contribution is 2.28. The fourth-order valence-corrected chi connectivity index (χ4v) is 5.30. The molecule has 0 aromatic heterocycles. The lowest BCUT2D eigenvalue weighted by Crippen LogP contribution is -2.55. The minimum atomic E-state index is -0.476. The molecule has 306 valence electrons. The fourth-order valence-electron chi connectivity index (χ4n) is 5.30. The van der Waals surface area contributed by atoms with E-state index >= 15 is 0 Å². The molecule has 0 radical (unpaired) electrons. The number of ether oxygens (including phenoxy) is 3. The number of rotatable bonds is 11. The molecular formula is C41H63N5O9. The summed E-state index contributed by atoms with van der Waals surface area (Å²) in [4.78, 5) is 59.5. The minimum Gasteiger partial charge on any atom is -0.471 e. The van der Waals surface area contributed by atoms with Crippen LogP contribution in [0, 0.1) is 17.8 Å². The van der Waals surface area contributed by atoms with Gasteiger partial charge in [0.15, 0.2) is 0 Å². The predicted molar refractivity (Wildman–Crippen MR) is 213 cm³/mol. The third kappa shape index (κ3) is 22.8. The van der Waals surface area contributed by atoms with Crippen LogP contribution in [0.25, 0.3) is 0 Å². The van der Waals surface area contributed by atoms with E-state index in [2.05, 4.69) is 52.1 Å². The van der Waals surface area contributed by atoms with Crippen LogP contribution in [0.1, 0.15) is 71.9 Å². The molecule has 2 aromatic carbocycles. The van der Waals surface area contributed by atoms with Crippen molar-refractivity contribution in [2.75, 3.05) is 53.4 Å². The highest BCUT2D eigenvalue weighted by Gasteiger charge is 2.33. The summed E-state index contributed by atoms with van der Waals surface area (Å²) < 4.78 is 13.9. The van der Waals surface area contributed by atoms with E-state index in [-0.39, 0.29) is 29.6 Å². The number of nitrogens with two attached hydrogens (primary N) is 1. The molecule has 2 unspecified atom stereocenters. The Labute approximate surface area is 327 Å². The zero-order chi connectivity index (χ0) is 41.9. The standard InChI is InChI=1S/C21H39N3O4.C10H9NO.C7H6O2.C2H4O2.CH5N/c1-16-14-22(11-12-24(16)19(27)28-20(2,3)4)10-8-21(5,6)13-18(26)23-9-7-17(25)15-23;1-2-9-3-5-10(6-4-9)7-11-8-12;8-6-9-7-4-2-1-3-5-7;1-4-2-3;1-2/h16-17,25H,7-15H2,1-6H3;1,3-6,8H,7H2,(H,11,12);1-6H;2H,1H3;2H2,1H3. The number of terminal acetylenes is 1.